The van der Waals surface area contributed by atoms with E-state index in [0.29, 0.717) is 22.4 Å². The van der Waals surface area contributed by atoms with Gasteiger partial charge in [0.25, 0.3) is 0 Å². The summed E-state index contributed by atoms with van der Waals surface area (Å²) in [7, 11) is 0. The van der Waals surface area contributed by atoms with Crippen LogP contribution in [0.1, 0.15) is 55.7 Å². The second-order valence-corrected chi connectivity index (χ2v) is 8.02. The molecule has 1 aromatic heterocycles. The highest BCUT2D eigenvalue weighted by molar-refractivity contribution is 6.04. The van der Waals surface area contributed by atoms with Crippen LogP contribution >= 0.6 is 0 Å². The lowest BCUT2D eigenvalue weighted by Crippen LogP contribution is -2.18. The maximum absolute atomic E-state index is 13.0. The molecule has 6 nitrogen and oxygen atoms in total. The van der Waals surface area contributed by atoms with Crippen molar-refractivity contribution >= 4 is 23.3 Å². The van der Waals surface area contributed by atoms with E-state index in [-0.39, 0.29) is 18.3 Å². The largest absolute Gasteiger partial charge is 0.454 e. The molecule has 1 N–H and O–H groups in total. The van der Waals surface area contributed by atoms with Crippen LogP contribution in [-0.4, -0.2) is 28.8 Å². The van der Waals surface area contributed by atoms with Crippen molar-refractivity contribution in [3.63, 3.8) is 0 Å². The van der Waals surface area contributed by atoms with E-state index in [0.717, 1.165) is 28.2 Å². The molecule has 0 saturated carbocycles. The molecule has 0 aliphatic carbocycles. The molecular formula is C26H28N2O4. The molecule has 32 heavy (non-hydrogen) atoms. The van der Waals surface area contributed by atoms with Gasteiger partial charge in [-0.2, -0.15) is 0 Å². The predicted octanol–water partition coefficient (Wildman–Crippen LogP) is 5.02. The Morgan fingerprint density at radius 2 is 1.59 bits per heavy atom. The first-order valence-electron chi connectivity index (χ1n) is 10.4. The molecule has 1 amide bonds. The van der Waals surface area contributed by atoms with Gasteiger partial charge in [0.2, 0.25) is 11.7 Å². The number of rotatable bonds is 6. The van der Waals surface area contributed by atoms with Gasteiger partial charge in [-0.1, -0.05) is 24.3 Å². The Bertz CT molecular complexity index is 1210. The molecule has 0 radical (unpaired) electrons. The van der Waals surface area contributed by atoms with Crippen LogP contribution in [0.3, 0.4) is 0 Å². The Balaban J connectivity index is 1.82. The zero-order valence-electron chi connectivity index (χ0n) is 19.3. The second-order valence-electron chi connectivity index (χ2n) is 8.02. The molecule has 0 fully saturated rings. The van der Waals surface area contributed by atoms with Gasteiger partial charge in [0, 0.05) is 35.2 Å². The van der Waals surface area contributed by atoms with Gasteiger partial charge < -0.3 is 14.6 Å². The third-order valence-corrected chi connectivity index (χ3v) is 5.55. The normalized spacial score (nSPS) is 10.7. The standard InChI is InChI=1S/C26H28N2O4/c1-15-12-16(2)25(27-20(6)29)18(4)24(15)23(30)14-32-26(31)22-13-17(3)28(19(22)5)21-10-8-7-9-11-21/h7-13H,14H2,1-6H3,(H,27,29). The summed E-state index contributed by atoms with van der Waals surface area (Å²) in [6, 6.07) is 13.4. The zero-order valence-corrected chi connectivity index (χ0v) is 19.3. The number of benzene rings is 2. The number of carbonyl (C=O) groups is 3. The summed E-state index contributed by atoms with van der Waals surface area (Å²) >= 11 is 0. The van der Waals surface area contributed by atoms with Crippen LogP contribution in [0.15, 0.2) is 42.5 Å². The smallest absolute Gasteiger partial charge is 0.340 e. The molecule has 1 heterocycles. The van der Waals surface area contributed by atoms with Crippen molar-refractivity contribution in [2.75, 3.05) is 11.9 Å². The van der Waals surface area contributed by atoms with Crippen LogP contribution in [0.25, 0.3) is 5.69 Å². The summed E-state index contributed by atoms with van der Waals surface area (Å²) in [6.45, 7) is 10.3. The number of nitrogens with zero attached hydrogens (tertiary/aromatic N) is 1. The lowest BCUT2D eigenvalue weighted by Gasteiger charge is -2.17. The van der Waals surface area contributed by atoms with E-state index in [4.69, 9.17) is 4.74 Å². The topological polar surface area (TPSA) is 77.4 Å². The molecular weight excluding hydrogens is 404 g/mol. The third-order valence-electron chi connectivity index (χ3n) is 5.55. The molecule has 166 valence electrons. The molecule has 0 atom stereocenters. The van der Waals surface area contributed by atoms with Crippen LogP contribution < -0.4 is 5.32 Å². The third kappa shape index (κ3) is 4.49. The fourth-order valence-electron chi connectivity index (χ4n) is 4.21. The zero-order chi connectivity index (χ0) is 23.6. The van der Waals surface area contributed by atoms with E-state index in [1.807, 2.05) is 68.7 Å². The highest BCUT2D eigenvalue weighted by Crippen LogP contribution is 2.28. The van der Waals surface area contributed by atoms with E-state index in [9.17, 15) is 14.4 Å². The Labute approximate surface area is 188 Å². The van der Waals surface area contributed by atoms with Gasteiger partial charge in [0.15, 0.2) is 6.61 Å². The number of aromatic nitrogens is 1. The van der Waals surface area contributed by atoms with Gasteiger partial charge in [0.1, 0.15) is 0 Å². The van der Waals surface area contributed by atoms with Crippen LogP contribution in [-0.2, 0) is 9.53 Å². The first-order chi connectivity index (χ1) is 15.1. The average molecular weight is 433 g/mol. The van der Waals surface area contributed by atoms with Crippen LogP contribution in [0.2, 0.25) is 0 Å². The molecule has 0 aliphatic rings. The number of ketones is 1. The molecule has 0 spiro atoms. The quantitative estimate of drug-likeness (QED) is 0.438. The Morgan fingerprint density at radius 3 is 2.22 bits per heavy atom. The number of esters is 1. The number of hydrogen-bond donors (Lipinski definition) is 1. The van der Waals surface area contributed by atoms with Crippen molar-refractivity contribution in [2.24, 2.45) is 0 Å². The number of anilines is 1. The fraction of sp³-hybridized carbons (Fsp3) is 0.269. The lowest BCUT2D eigenvalue weighted by molar-refractivity contribution is -0.114. The summed E-state index contributed by atoms with van der Waals surface area (Å²) in [5, 5.41) is 2.78. The van der Waals surface area contributed by atoms with E-state index >= 15 is 0 Å². The van der Waals surface area contributed by atoms with Crippen molar-refractivity contribution in [3.05, 3.63) is 81.7 Å². The number of amides is 1. The number of para-hydroxylation sites is 1. The van der Waals surface area contributed by atoms with Crippen molar-refractivity contribution in [1.82, 2.24) is 4.57 Å². The Kier molecular flexibility index (Phi) is 6.63. The van der Waals surface area contributed by atoms with Crippen molar-refractivity contribution < 1.29 is 19.1 Å². The van der Waals surface area contributed by atoms with Crippen molar-refractivity contribution in [3.8, 4) is 5.69 Å². The molecule has 2 aromatic carbocycles. The van der Waals surface area contributed by atoms with E-state index in [1.165, 1.54) is 6.92 Å². The average Bonchev–Trinajstić information content (AvgIpc) is 3.03. The Morgan fingerprint density at radius 1 is 0.938 bits per heavy atom. The molecule has 3 rings (SSSR count). The summed E-state index contributed by atoms with van der Waals surface area (Å²) in [5.74, 6) is -1.06. The monoisotopic (exact) mass is 432 g/mol. The number of Topliss-reactive ketones (excluding diaryl/α,β-unsaturated/α-hetero) is 1. The number of hydrogen-bond acceptors (Lipinski definition) is 4. The molecule has 3 aromatic rings. The molecule has 0 saturated heterocycles. The van der Waals surface area contributed by atoms with Crippen molar-refractivity contribution in [1.29, 1.82) is 0 Å². The fourth-order valence-corrected chi connectivity index (χ4v) is 4.21. The first kappa shape index (κ1) is 23.0. The minimum atomic E-state index is -0.543. The van der Waals surface area contributed by atoms with Gasteiger partial charge in [-0.05, 0) is 69.5 Å². The van der Waals surface area contributed by atoms with Crippen LogP contribution in [0.4, 0.5) is 5.69 Å². The van der Waals surface area contributed by atoms with Gasteiger partial charge in [-0.3, -0.25) is 9.59 Å². The highest BCUT2D eigenvalue weighted by Gasteiger charge is 2.22. The highest BCUT2D eigenvalue weighted by atomic mass is 16.5. The van der Waals surface area contributed by atoms with Crippen molar-refractivity contribution in [2.45, 2.75) is 41.5 Å². The van der Waals surface area contributed by atoms with Gasteiger partial charge in [-0.25, -0.2) is 4.79 Å². The molecule has 6 heteroatoms. The SMILES string of the molecule is CC(=O)Nc1c(C)cc(C)c(C(=O)COC(=O)c2cc(C)n(-c3ccccc3)c2C)c1C. The number of ether oxygens (including phenoxy) is 1. The summed E-state index contributed by atoms with van der Waals surface area (Å²) in [5.41, 5.74) is 6.42. The second kappa shape index (κ2) is 9.22. The van der Waals surface area contributed by atoms with E-state index < -0.39 is 5.97 Å². The minimum Gasteiger partial charge on any atom is -0.454 e. The number of carbonyl (C=O) groups excluding carboxylic acids is 3. The lowest BCUT2D eigenvalue weighted by atomic mass is 9.94. The summed E-state index contributed by atoms with van der Waals surface area (Å²) in [6.07, 6.45) is 0. The van der Waals surface area contributed by atoms with E-state index in [2.05, 4.69) is 5.32 Å². The van der Waals surface area contributed by atoms with Crippen LogP contribution in [0.5, 0.6) is 0 Å². The molecule has 0 bridgehead atoms. The van der Waals surface area contributed by atoms with Gasteiger partial charge >= 0.3 is 5.97 Å². The maximum Gasteiger partial charge on any atom is 0.340 e. The van der Waals surface area contributed by atoms with E-state index in [1.54, 1.807) is 13.0 Å². The number of nitrogens with one attached hydrogen (secondary N) is 1. The Hall–Kier alpha value is -3.67. The predicted molar refractivity (Wildman–Crippen MR) is 125 cm³/mol. The first-order valence-corrected chi connectivity index (χ1v) is 10.4. The summed E-state index contributed by atoms with van der Waals surface area (Å²) < 4.78 is 7.38. The molecule has 0 unspecified atom stereocenters. The molecule has 0 aliphatic heterocycles. The van der Waals surface area contributed by atoms with Gasteiger partial charge in [0.05, 0.1) is 5.56 Å². The number of aryl methyl sites for hydroxylation is 3. The van der Waals surface area contributed by atoms with Gasteiger partial charge in [-0.15, -0.1) is 0 Å². The minimum absolute atomic E-state index is 0.210. The summed E-state index contributed by atoms with van der Waals surface area (Å²) in [4.78, 5) is 37.3. The maximum atomic E-state index is 13.0. The van der Waals surface area contributed by atoms with Crippen LogP contribution in [0, 0.1) is 34.6 Å².